The van der Waals surface area contributed by atoms with Crippen molar-refractivity contribution in [3.63, 3.8) is 0 Å². The average Bonchev–Trinajstić information content (AvgIpc) is 3.29. The first kappa shape index (κ1) is 14.4. The van der Waals surface area contributed by atoms with E-state index in [1.807, 2.05) is 30.3 Å². The van der Waals surface area contributed by atoms with Crippen molar-refractivity contribution in [1.82, 2.24) is 10.3 Å². The Morgan fingerprint density at radius 2 is 2.14 bits per heavy atom. The van der Waals surface area contributed by atoms with Crippen molar-refractivity contribution < 1.29 is 0 Å². The van der Waals surface area contributed by atoms with Crippen LogP contribution in [0, 0.1) is 6.92 Å². The summed E-state index contributed by atoms with van der Waals surface area (Å²) in [6, 6.07) is 11.0. The third-order valence-corrected chi connectivity index (χ3v) is 4.04. The molecule has 0 radical (unpaired) electrons. The van der Waals surface area contributed by atoms with Gasteiger partial charge in [0.1, 0.15) is 0 Å². The minimum atomic E-state index is 0.689. The monoisotopic (exact) mass is 301 g/mol. The summed E-state index contributed by atoms with van der Waals surface area (Å²) in [5, 5.41) is 4.16. The lowest BCUT2D eigenvalue weighted by Gasteiger charge is -2.20. The van der Waals surface area contributed by atoms with E-state index in [2.05, 4.69) is 35.4 Å². The molecule has 2 aromatic rings. The van der Waals surface area contributed by atoms with Gasteiger partial charge in [-0.15, -0.1) is 0 Å². The Kier molecular flexibility index (Phi) is 4.13. The van der Waals surface area contributed by atoms with Crippen LogP contribution in [-0.2, 0) is 6.54 Å². The van der Waals surface area contributed by atoms with Gasteiger partial charge in [0.05, 0.1) is 5.02 Å². The van der Waals surface area contributed by atoms with Crippen LogP contribution in [0.15, 0.2) is 36.5 Å². The van der Waals surface area contributed by atoms with E-state index in [4.69, 9.17) is 11.6 Å². The summed E-state index contributed by atoms with van der Waals surface area (Å²) in [5.74, 6) is 0.789. The van der Waals surface area contributed by atoms with Crippen molar-refractivity contribution in [2.24, 2.45) is 0 Å². The number of aryl methyl sites for hydroxylation is 1. The molecule has 1 aromatic heterocycles. The molecule has 0 atom stereocenters. The van der Waals surface area contributed by atoms with Crippen LogP contribution in [0.3, 0.4) is 0 Å². The molecule has 0 amide bonds. The van der Waals surface area contributed by atoms with Crippen molar-refractivity contribution in [2.45, 2.75) is 32.4 Å². The molecule has 1 fully saturated rings. The maximum absolute atomic E-state index is 6.41. The van der Waals surface area contributed by atoms with E-state index in [9.17, 15) is 0 Å². The molecule has 110 valence electrons. The van der Waals surface area contributed by atoms with Gasteiger partial charge in [-0.1, -0.05) is 23.7 Å². The number of rotatable bonds is 5. The molecule has 1 aliphatic carbocycles. The lowest BCUT2D eigenvalue weighted by atomic mass is 10.2. The van der Waals surface area contributed by atoms with E-state index in [0.717, 1.165) is 23.6 Å². The van der Waals surface area contributed by atoms with Gasteiger partial charge >= 0.3 is 0 Å². The topological polar surface area (TPSA) is 28.2 Å². The molecule has 3 nitrogen and oxygen atoms in total. The van der Waals surface area contributed by atoms with Gasteiger partial charge in [-0.3, -0.25) is 0 Å². The fraction of sp³-hybridized carbons (Fsp3) is 0.353. The van der Waals surface area contributed by atoms with E-state index >= 15 is 0 Å². The van der Waals surface area contributed by atoms with Gasteiger partial charge in [-0.2, -0.15) is 0 Å². The number of anilines is 2. The van der Waals surface area contributed by atoms with Crippen LogP contribution in [0.2, 0.25) is 5.02 Å². The van der Waals surface area contributed by atoms with Crippen LogP contribution in [0.25, 0.3) is 0 Å². The third-order valence-electron chi connectivity index (χ3n) is 3.76. The lowest BCUT2D eigenvalue weighted by molar-refractivity contribution is 0.686. The molecule has 0 bridgehead atoms. The minimum absolute atomic E-state index is 0.689. The number of hydrogen-bond acceptors (Lipinski definition) is 3. The molecule has 4 heteroatoms. The number of halogens is 1. The zero-order valence-corrected chi connectivity index (χ0v) is 13.2. The molecule has 1 aliphatic rings. The van der Waals surface area contributed by atoms with E-state index in [1.54, 1.807) is 0 Å². The van der Waals surface area contributed by atoms with Crippen molar-refractivity contribution >= 4 is 23.1 Å². The first-order chi connectivity index (χ1) is 10.1. The number of hydrogen-bond donors (Lipinski definition) is 1. The summed E-state index contributed by atoms with van der Waals surface area (Å²) < 4.78 is 0. The van der Waals surface area contributed by atoms with Gasteiger partial charge < -0.3 is 10.2 Å². The summed E-state index contributed by atoms with van der Waals surface area (Å²) in [6.45, 7) is 2.92. The van der Waals surface area contributed by atoms with Gasteiger partial charge in [0.15, 0.2) is 5.82 Å². The van der Waals surface area contributed by atoms with Gasteiger partial charge in [0, 0.05) is 31.5 Å². The largest absolute Gasteiger partial charge is 0.328 e. The number of benzene rings is 1. The molecular formula is C17H20ClN3. The zero-order valence-electron chi connectivity index (χ0n) is 12.4. The van der Waals surface area contributed by atoms with E-state index in [-0.39, 0.29) is 0 Å². The van der Waals surface area contributed by atoms with Gasteiger partial charge in [0.25, 0.3) is 0 Å². The van der Waals surface area contributed by atoms with E-state index in [0.29, 0.717) is 11.1 Å². The number of nitrogens with one attached hydrogen (secondary N) is 1. The number of pyridine rings is 1. The highest BCUT2D eigenvalue weighted by atomic mass is 35.5. The van der Waals surface area contributed by atoms with Crippen LogP contribution in [0.1, 0.15) is 24.0 Å². The molecule has 0 saturated heterocycles. The maximum atomic E-state index is 6.41. The molecule has 1 N–H and O–H groups in total. The number of nitrogens with zero attached hydrogens (tertiary/aromatic N) is 2. The predicted molar refractivity (Wildman–Crippen MR) is 88.4 cm³/mol. The Morgan fingerprint density at radius 1 is 1.33 bits per heavy atom. The standard InChI is InChI=1S/C17H20ClN3/c1-12-4-3-5-15(8-12)21(2)17-16(18)9-13(11-20-17)10-19-14-6-7-14/h3-5,8-9,11,14,19H,6-7,10H2,1-2H3. The summed E-state index contributed by atoms with van der Waals surface area (Å²) in [6.07, 6.45) is 4.48. The van der Waals surface area contributed by atoms with Gasteiger partial charge in [0.2, 0.25) is 0 Å². The van der Waals surface area contributed by atoms with Crippen LogP contribution >= 0.6 is 11.6 Å². The molecule has 3 rings (SSSR count). The van der Waals surface area contributed by atoms with Crippen molar-refractivity contribution in [3.8, 4) is 0 Å². The average molecular weight is 302 g/mol. The predicted octanol–water partition coefficient (Wildman–Crippen LogP) is 4.06. The Hall–Kier alpha value is -1.58. The van der Waals surface area contributed by atoms with E-state index in [1.165, 1.54) is 18.4 Å². The summed E-state index contributed by atoms with van der Waals surface area (Å²) >= 11 is 6.41. The normalized spacial score (nSPS) is 14.2. The summed E-state index contributed by atoms with van der Waals surface area (Å²) in [5.41, 5.74) is 3.45. The van der Waals surface area contributed by atoms with Crippen molar-refractivity contribution in [1.29, 1.82) is 0 Å². The highest BCUT2D eigenvalue weighted by Crippen LogP contribution is 2.29. The molecule has 0 spiro atoms. The van der Waals surface area contributed by atoms with Gasteiger partial charge in [-0.05, 0) is 49.1 Å². The second-order valence-corrected chi connectivity index (χ2v) is 6.11. The quantitative estimate of drug-likeness (QED) is 0.902. The summed E-state index contributed by atoms with van der Waals surface area (Å²) in [7, 11) is 1.99. The molecule has 0 aliphatic heterocycles. The fourth-order valence-electron chi connectivity index (χ4n) is 2.32. The zero-order chi connectivity index (χ0) is 14.8. The second-order valence-electron chi connectivity index (χ2n) is 5.70. The first-order valence-electron chi connectivity index (χ1n) is 7.31. The SMILES string of the molecule is Cc1cccc(N(C)c2ncc(CNC3CC3)cc2Cl)c1. The molecule has 1 heterocycles. The second kappa shape index (κ2) is 6.04. The third kappa shape index (κ3) is 3.55. The lowest BCUT2D eigenvalue weighted by Crippen LogP contribution is -2.16. The summed E-state index contributed by atoms with van der Waals surface area (Å²) in [4.78, 5) is 6.56. The van der Waals surface area contributed by atoms with Crippen LogP contribution < -0.4 is 10.2 Å². The highest BCUT2D eigenvalue weighted by molar-refractivity contribution is 6.33. The Morgan fingerprint density at radius 3 is 2.81 bits per heavy atom. The first-order valence-corrected chi connectivity index (χ1v) is 7.69. The molecule has 21 heavy (non-hydrogen) atoms. The highest BCUT2D eigenvalue weighted by Gasteiger charge is 2.20. The Bertz CT molecular complexity index is 638. The van der Waals surface area contributed by atoms with E-state index < -0.39 is 0 Å². The van der Waals surface area contributed by atoms with Crippen LogP contribution in [0.5, 0.6) is 0 Å². The van der Waals surface area contributed by atoms with Crippen LogP contribution in [-0.4, -0.2) is 18.1 Å². The smallest absolute Gasteiger partial charge is 0.151 e. The fourth-order valence-corrected chi connectivity index (χ4v) is 2.64. The Balaban J connectivity index is 1.77. The molecule has 1 aromatic carbocycles. The van der Waals surface area contributed by atoms with Crippen molar-refractivity contribution in [3.05, 3.63) is 52.7 Å². The Labute approximate surface area is 131 Å². The van der Waals surface area contributed by atoms with Gasteiger partial charge in [-0.25, -0.2) is 4.98 Å². The van der Waals surface area contributed by atoms with Crippen molar-refractivity contribution in [2.75, 3.05) is 11.9 Å². The minimum Gasteiger partial charge on any atom is -0.328 e. The van der Waals surface area contributed by atoms with Crippen LogP contribution in [0.4, 0.5) is 11.5 Å². The molecular weight excluding hydrogens is 282 g/mol. The number of aromatic nitrogens is 1. The molecule has 0 unspecified atom stereocenters. The molecule has 1 saturated carbocycles. The maximum Gasteiger partial charge on any atom is 0.151 e.